The Kier molecular flexibility index (Phi) is 3.92. The first kappa shape index (κ1) is 12.3. The second kappa shape index (κ2) is 5.43. The van der Waals surface area contributed by atoms with E-state index in [4.69, 9.17) is 21.1 Å². The van der Waals surface area contributed by atoms with E-state index < -0.39 is 6.10 Å². The zero-order valence-electron chi connectivity index (χ0n) is 9.60. The monoisotopic (exact) mass is 254 g/mol. The maximum Gasteiger partial charge on any atom is 0.147 e. The second-order valence-electron chi connectivity index (χ2n) is 3.97. The van der Waals surface area contributed by atoms with Crippen LogP contribution in [-0.2, 0) is 4.74 Å². The van der Waals surface area contributed by atoms with Gasteiger partial charge < -0.3 is 14.6 Å². The highest BCUT2D eigenvalue weighted by atomic mass is 35.5. The van der Waals surface area contributed by atoms with E-state index in [1.807, 2.05) is 12.1 Å². The molecule has 1 heterocycles. The summed E-state index contributed by atoms with van der Waals surface area (Å²) in [6.07, 6.45) is 1.62. The van der Waals surface area contributed by atoms with Crippen molar-refractivity contribution in [2.75, 3.05) is 6.61 Å². The molecule has 2 rings (SSSR count). The fourth-order valence-corrected chi connectivity index (χ4v) is 1.87. The Balaban J connectivity index is 1.98. The lowest BCUT2D eigenvalue weighted by molar-refractivity contribution is 0.0318. The summed E-state index contributed by atoms with van der Waals surface area (Å²) in [5.41, 5.74) is 0. The Morgan fingerprint density at radius 2 is 2.29 bits per heavy atom. The molecule has 1 N–H and O–H groups in total. The van der Waals surface area contributed by atoms with Crippen molar-refractivity contribution in [3.8, 4) is 5.75 Å². The Hall–Kier alpha value is -1.19. The van der Waals surface area contributed by atoms with E-state index in [0.29, 0.717) is 23.1 Å². The Morgan fingerprint density at radius 1 is 1.47 bits per heavy atom. The molecule has 0 bridgehead atoms. The zero-order valence-corrected chi connectivity index (χ0v) is 10.4. The Labute approximate surface area is 106 Å². The summed E-state index contributed by atoms with van der Waals surface area (Å²) in [6, 6.07) is 7.11. The molecule has 92 valence electrons. The van der Waals surface area contributed by atoms with E-state index in [1.54, 1.807) is 25.1 Å². The molecular weight excluding hydrogens is 240 g/mol. The quantitative estimate of drug-likeness (QED) is 0.898. The van der Waals surface area contributed by atoms with Crippen LogP contribution in [0.15, 0.2) is 36.1 Å². The summed E-state index contributed by atoms with van der Waals surface area (Å²) in [7, 11) is 0. The van der Waals surface area contributed by atoms with Gasteiger partial charge in [-0.2, -0.15) is 0 Å². The lowest BCUT2D eigenvalue weighted by Crippen LogP contribution is -2.30. The minimum atomic E-state index is -0.739. The van der Waals surface area contributed by atoms with Crippen molar-refractivity contribution in [2.45, 2.75) is 25.6 Å². The van der Waals surface area contributed by atoms with Gasteiger partial charge in [-0.15, -0.1) is 0 Å². The molecule has 3 nitrogen and oxygen atoms in total. The number of aliphatic hydroxyl groups excluding tert-OH is 1. The van der Waals surface area contributed by atoms with Crippen molar-refractivity contribution in [1.82, 2.24) is 0 Å². The van der Waals surface area contributed by atoms with Gasteiger partial charge in [-0.05, 0) is 31.2 Å². The number of rotatable bonds is 4. The number of hydrogen-bond donors (Lipinski definition) is 1. The van der Waals surface area contributed by atoms with Gasteiger partial charge in [-0.1, -0.05) is 17.7 Å². The molecule has 0 fully saturated rings. The van der Waals surface area contributed by atoms with Crippen molar-refractivity contribution >= 4 is 11.6 Å². The molecule has 2 unspecified atom stereocenters. The van der Waals surface area contributed by atoms with Crippen LogP contribution in [0.5, 0.6) is 5.75 Å². The van der Waals surface area contributed by atoms with Gasteiger partial charge in [0, 0.05) is 11.4 Å². The van der Waals surface area contributed by atoms with Gasteiger partial charge in [-0.25, -0.2) is 0 Å². The average Bonchev–Trinajstić information content (AvgIpc) is 2.81. The third-order valence-corrected chi connectivity index (χ3v) is 2.82. The molecule has 4 heteroatoms. The molecule has 0 spiro atoms. The number of hydrogen-bond acceptors (Lipinski definition) is 3. The van der Waals surface area contributed by atoms with Crippen LogP contribution >= 0.6 is 11.6 Å². The maximum atomic E-state index is 10.00. The van der Waals surface area contributed by atoms with Crippen LogP contribution < -0.4 is 4.74 Å². The molecular formula is C13H15ClO3. The fourth-order valence-electron chi connectivity index (χ4n) is 1.69. The van der Waals surface area contributed by atoms with Crippen molar-refractivity contribution < 1.29 is 14.6 Å². The van der Waals surface area contributed by atoms with Crippen LogP contribution in [0, 0.1) is 0 Å². The number of halogens is 1. The van der Waals surface area contributed by atoms with Gasteiger partial charge in [0.15, 0.2) is 0 Å². The highest BCUT2D eigenvalue weighted by Gasteiger charge is 2.23. The molecule has 0 amide bonds. The average molecular weight is 255 g/mol. The Bertz CT molecular complexity index is 417. The topological polar surface area (TPSA) is 38.7 Å². The fraction of sp³-hybridized carbons (Fsp3) is 0.385. The van der Waals surface area contributed by atoms with Gasteiger partial charge in [0.25, 0.3) is 0 Å². The van der Waals surface area contributed by atoms with Gasteiger partial charge in [0.2, 0.25) is 0 Å². The van der Waals surface area contributed by atoms with Crippen molar-refractivity contribution in [3.63, 3.8) is 0 Å². The third kappa shape index (κ3) is 3.14. The van der Waals surface area contributed by atoms with Crippen LogP contribution in [-0.4, -0.2) is 23.9 Å². The van der Waals surface area contributed by atoms with Crippen LogP contribution in [0.3, 0.4) is 0 Å². The maximum absolute atomic E-state index is 10.00. The first-order valence-electron chi connectivity index (χ1n) is 5.60. The molecule has 0 saturated heterocycles. The number of ether oxygens (including phenoxy) is 2. The first-order valence-corrected chi connectivity index (χ1v) is 5.98. The molecule has 0 radical (unpaired) electrons. The molecule has 2 atom stereocenters. The predicted molar refractivity (Wildman–Crippen MR) is 66.2 cm³/mol. The minimum absolute atomic E-state index is 0.377. The summed E-state index contributed by atoms with van der Waals surface area (Å²) in [5.74, 6) is 1.24. The van der Waals surface area contributed by atoms with Crippen molar-refractivity contribution in [3.05, 3.63) is 41.1 Å². The van der Waals surface area contributed by atoms with Gasteiger partial charge in [-0.3, -0.25) is 0 Å². The summed E-state index contributed by atoms with van der Waals surface area (Å²) in [5, 5.41) is 10.6. The summed E-state index contributed by atoms with van der Waals surface area (Å²) >= 11 is 5.86. The molecule has 1 aromatic rings. The van der Waals surface area contributed by atoms with Gasteiger partial charge in [0.05, 0.1) is 6.61 Å². The van der Waals surface area contributed by atoms with E-state index in [2.05, 4.69) is 0 Å². The molecule has 0 saturated carbocycles. The van der Waals surface area contributed by atoms with E-state index in [-0.39, 0.29) is 6.10 Å². The number of benzene rings is 1. The third-order valence-electron chi connectivity index (χ3n) is 2.59. The molecule has 1 aliphatic rings. The molecule has 0 aliphatic carbocycles. The normalized spacial score (nSPS) is 18.2. The first-order chi connectivity index (χ1) is 8.16. The molecule has 17 heavy (non-hydrogen) atoms. The van der Waals surface area contributed by atoms with Crippen LogP contribution in [0.1, 0.15) is 13.3 Å². The van der Waals surface area contributed by atoms with Crippen molar-refractivity contribution in [1.29, 1.82) is 0 Å². The highest BCUT2D eigenvalue weighted by Crippen LogP contribution is 2.22. The van der Waals surface area contributed by atoms with E-state index in [0.717, 1.165) is 6.42 Å². The molecule has 1 aliphatic heterocycles. The standard InChI is InChI=1S/C13H15ClO3/c1-9(13(15)12-6-3-7-16-12)17-11-5-2-4-10(14)8-11/h2,4-6,8-9,13,15H,3,7H2,1H3. The van der Waals surface area contributed by atoms with Crippen molar-refractivity contribution in [2.24, 2.45) is 0 Å². The summed E-state index contributed by atoms with van der Waals surface area (Å²) < 4.78 is 10.9. The lowest BCUT2D eigenvalue weighted by atomic mass is 10.2. The van der Waals surface area contributed by atoms with Crippen LogP contribution in [0.2, 0.25) is 5.02 Å². The highest BCUT2D eigenvalue weighted by molar-refractivity contribution is 6.30. The largest absolute Gasteiger partial charge is 0.495 e. The Morgan fingerprint density at radius 3 is 2.94 bits per heavy atom. The van der Waals surface area contributed by atoms with Gasteiger partial charge in [0.1, 0.15) is 23.7 Å². The molecule has 0 aromatic heterocycles. The van der Waals surface area contributed by atoms with E-state index >= 15 is 0 Å². The molecule has 1 aromatic carbocycles. The predicted octanol–water partition coefficient (Wildman–Crippen LogP) is 2.77. The smallest absolute Gasteiger partial charge is 0.147 e. The van der Waals surface area contributed by atoms with Crippen LogP contribution in [0.4, 0.5) is 0 Å². The van der Waals surface area contributed by atoms with Crippen LogP contribution in [0.25, 0.3) is 0 Å². The van der Waals surface area contributed by atoms with E-state index in [9.17, 15) is 5.11 Å². The summed E-state index contributed by atoms with van der Waals surface area (Å²) in [6.45, 7) is 2.43. The lowest BCUT2D eigenvalue weighted by Gasteiger charge is -2.21. The minimum Gasteiger partial charge on any atom is -0.495 e. The number of aliphatic hydroxyl groups is 1. The zero-order chi connectivity index (χ0) is 12.3. The van der Waals surface area contributed by atoms with E-state index in [1.165, 1.54) is 0 Å². The SMILES string of the molecule is CC(Oc1cccc(Cl)c1)C(O)C1=CCCO1. The second-order valence-corrected chi connectivity index (χ2v) is 4.41. The summed E-state index contributed by atoms with van der Waals surface area (Å²) in [4.78, 5) is 0. The van der Waals surface area contributed by atoms with Gasteiger partial charge >= 0.3 is 0 Å².